The molecule has 1 N–H and O–H groups in total. The average Bonchev–Trinajstić information content (AvgIpc) is 2.39. The van der Waals surface area contributed by atoms with Crippen molar-refractivity contribution in [2.45, 2.75) is 37.0 Å². The van der Waals surface area contributed by atoms with Gasteiger partial charge in [-0.15, -0.1) is 0 Å². The summed E-state index contributed by atoms with van der Waals surface area (Å²) in [4.78, 5) is 12.0. The SMILES string of the molecule is CSC1CCCC(NC(=O)c2ccc(F)cc2)C1. The summed E-state index contributed by atoms with van der Waals surface area (Å²) in [6.07, 6.45) is 6.61. The van der Waals surface area contributed by atoms with Gasteiger partial charge in [0.1, 0.15) is 5.82 Å². The zero-order valence-corrected chi connectivity index (χ0v) is 11.3. The van der Waals surface area contributed by atoms with Gasteiger partial charge >= 0.3 is 0 Å². The van der Waals surface area contributed by atoms with Crippen molar-refractivity contribution in [1.82, 2.24) is 5.32 Å². The van der Waals surface area contributed by atoms with Gasteiger partial charge < -0.3 is 5.32 Å². The molecule has 2 atom stereocenters. The van der Waals surface area contributed by atoms with Crippen molar-refractivity contribution in [3.8, 4) is 0 Å². The summed E-state index contributed by atoms with van der Waals surface area (Å²) in [5.74, 6) is -0.409. The quantitative estimate of drug-likeness (QED) is 0.911. The molecule has 2 unspecified atom stereocenters. The summed E-state index contributed by atoms with van der Waals surface area (Å²) in [6, 6.07) is 5.95. The third-order valence-electron chi connectivity index (χ3n) is 3.40. The highest BCUT2D eigenvalue weighted by molar-refractivity contribution is 7.99. The molecule has 0 spiro atoms. The van der Waals surface area contributed by atoms with Crippen LogP contribution >= 0.6 is 11.8 Å². The summed E-state index contributed by atoms with van der Waals surface area (Å²) in [5, 5.41) is 3.69. The lowest BCUT2D eigenvalue weighted by Gasteiger charge is -2.28. The molecule has 0 bridgehead atoms. The third kappa shape index (κ3) is 3.48. The van der Waals surface area contributed by atoms with Crippen LogP contribution in [0.5, 0.6) is 0 Å². The van der Waals surface area contributed by atoms with Crippen LogP contribution in [0.4, 0.5) is 4.39 Å². The van der Waals surface area contributed by atoms with Gasteiger partial charge in [0.15, 0.2) is 0 Å². The molecule has 4 heteroatoms. The third-order valence-corrected chi connectivity index (χ3v) is 4.50. The lowest BCUT2D eigenvalue weighted by molar-refractivity contribution is 0.0928. The smallest absolute Gasteiger partial charge is 0.251 e. The molecular formula is C14H18FNOS. The van der Waals surface area contributed by atoms with Crippen LogP contribution in [-0.4, -0.2) is 23.5 Å². The molecule has 0 aromatic heterocycles. The van der Waals surface area contributed by atoms with E-state index in [1.807, 2.05) is 11.8 Å². The number of hydrogen-bond donors (Lipinski definition) is 1. The molecule has 1 saturated carbocycles. The van der Waals surface area contributed by atoms with Crippen LogP contribution in [0.2, 0.25) is 0 Å². The van der Waals surface area contributed by atoms with Crippen molar-refractivity contribution in [3.63, 3.8) is 0 Å². The van der Waals surface area contributed by atoms with Crippen LogP contribution in [0.15, 0.2) is 24.3 Å². The van der Waals surface area contributed by atoms with E-state index < -0.39 is 0 Å². The van der Waals surface area contributed by atoms with E-state index in [0.29, 0.717) is 10.8 Å². The first-order valence-corrected chi connectivity index (χ1v) is 7.57. The van der Waals surface area contributed by atoms with Gasteiger partial charge in [0.25, 0.3) is 5.91 Å². The molecule has 1 aliphatic carbocycles. The maximum Gasteiger partial charge on any atom is 0.251 e. The van der Waals surface area contributed by atoms with E-state index in [0.717, 1.165) is 12.8 Å². The molecule has 1 amide bonds. The standard InChI is InChI=1S/C14H18FNOS/c1-18-13-4-2-3-12(9-13)16-14(17)10-5-7-11(15)8-6-10/h5-8,12-13H,2-4,9H2,1H3,(H,16,17). The minimum atomic E-state index is -0.313. The molecule has 1 aliphatic rings. The Bertz CT molecular complexity index is 407. The number of rotatable bonds is 3. The predicted octanol–water partition coefficient (Wildman–Crippen LogP) is 3.23. The van der Waals surface area contributed by atoms with E-state index in [9.17, 15) is 9.18 Å². The van der Waals surface area contributed by atoms with E-state index in [4.69, 9.17) is 0 Å². The van der Waals surface area contributed by atoms with Crippen LogP contribution < -0.4 is 5.32 Å². The van der Waals surface area contributed by atoms with Crippen molar-refractivity contribution in [1.29, 1.82) is 0 Å². The average molecular weight is 267 g/mol. The molecule has 18 heavy (non-hydrogen) atoms. The molecule has 0 radical (unpaired) electrons. The van der Waals surface area contributed by atoms with E-state index >= 15 is 0 Å². The normalized spacial score (nSPS) is 23.7. The number of benzene rings is 1. The number of thioether (sulfide) groups is 1. The minimum absolute atomic E-state index is 0.0956. The summed E-state index contributed by atoms with van der Waals surface area (Å²) in [6.45, 7) is 0. The molecule has 2 rings (SSSR count). The molecule has 0 saturated heterocycles. The summed E-state index contributed by atoms with van der Waals surface area (Å²) in [5.41, 5.74) is 0.530. The van der Waals surface area contributed by atoms with E-state index in [1.165, 1.54) is 37.1 Å². The Morgan fingerprint density at radius 1 is 1.33 bits per heavy atom. The highest BCUT2D eigenvalue weighted by Gasteiger charge is 2.22. The van der Waals surface area contributed by atoms with Crippen molar-refractivity contribution >= 4 is 17.7 Å². The van der Waals surface area contributed by atoms with Crippen molar-refractivity contribution in [3.05, 3.63) is 35.6 Å². The fraction of sp³-hybridized carbons (Fsp3) is 0.500. The lowest BCUT2D eigenvalue weighted by Crippen LogP contribution is -2.39. The molecule has 1 aromatic carbocycles. The predicted molar refractivity (Wildman–Crippen MR) is 73.4 cm³/mol. The fourth-order valence-electron chi connectivity index (χ4n) is 2.36. The molecule has 0 aliphatic heterocycles. The van der Waals surface area contributed by atoms with E-state index in [1.54, 1.807) is 0 Å². The Hall–Kier alpha value is -1.03. The Labute approximate surface area is 111 Å². The van der Waals surface area contributed by atoms with Crippen molar-refractivity contribution < 1.29 is 9.18 Å². The van der Waals surface area contributed by atoms with Crippen LogP contribution in [0.25, 0.3) is 0 Å². The number of hydrogen-bond acceptors (Lipinski definition) is 2. The Kier molecular flexibility index (Phi) is 4.64. The molecule has 1 aromatic rings. The van der Waals surface area contributed by atoms with Gasteiger partial charge in [-0.25, -0.2) is 4.39 Å². The maximum atomic E-state index is 12.8. The molecular weight excluding hydrogens is 249 g/mol. The van der Waals surface area contributed by atoms with Crippen LogP contribution in [0.1, 0.15) is 36.0 Å². The van der Waals surface area contributed by atoms with Gasteiger partial charge in [0.05, 0.1) is 0 Å². The van der Waals surface area contributed by atoms with Gasteiger partial charge in [0.2, 0.25) is 0 Å². The summed E-state index contributed by atoms with van der Waals surface area (Å²) >= 11 is 1.87. The molecule has 98 valence electrons. The van der Waals surface area contributed by atoms with Gasteiger partial charge in [-0.2, -0.15) is 11.8 Å². The van der Waals surface area contributed by atoms with E-state index in [-0.39, 0.29) is 17.8 Å². The summed E-state index contributed by atoms with van der Waals surface area (Å²) < 4.78 is 12.8. The zero-order valence-electron chi connectivity index (χ0n) is 10.5. The van der Waals surface area contributed by atoms with Crippen LogP contribution in [0.3, 0.4) is 0 Å². The minimum Gasteiger partial charge on any atom is -0.349 e. The van der Waals surface area contributed by atoms with Gasteiger partial charge in [-0.1, -0.05) is 6.42 Å². The number of halogens is 1. The second kappa shape index (κ2) is 6.23. The van der Waals surface area contributed by atoms with Gasteiger partial charge in [-0.05, 0) is 49.8 Å². The Morgan fingerprint density at radius 2 is 2.06 bits per heavy atom. The number of carbonyl (C=O) groups is 1. The number of amides is 1. The largest absolute Gasteiger partial charge is 0.349 e. The first-order chi connectivity index (χ1) is 8.69. The van der Waals surface area contributed by atoms with Crippen LogP contribution in [0, 0.1) is 5.82 Å². The lowest BCUT2D eigenvalue weighted by atomic mass is 9.94. The topological polar surface area (TPSA) is 29.1 Å². The van der Waals surface area contributed by atoms with Crippen molar-refractivity contribution in [2.75, 3.05) is 6.26 Å². The monoisotopic (exact) mass is 267 g/mol. The molecule has 1 fully saturated rings. The molecule has 0 heterocycles. The van der Waals surface area contributed by atoms with Crippen molar-refractivity contribution in [2.24, 2.45) is 0 Å². The highest BCUT2D eigenvalue weighted by atomic mass is 32.2. The second-order valence-corrected chi connectivity index (χ2v) is 5.84. The fourth-order valence-corrected chi connectivity index (χ4v) is 3.19. The highest BCUT2D eigenvalue weighted by Crippen LogP contribution is 2.27. The summed E-state index contributed by atoms with van der Waals surface area (Å²) in [7, 11) is 0. The first-order valence-electron chi connectivity index (χ1n) is 6.28. The second-order valence-electron chi connectivity index (χ2n) is 4.70. The Morgan fingerprint density at radius 3 is 2.72 bits per heavy atom. The number of nitrogens with one attached hydrogen (secondary N) is 1. The number of carbonyl (C=O) groups excluding carboxylic acids is 1. The van der Waals surface area contributed by atoms with Gasteiger partial charge in [0, 0.05) is 16.9 Å². The molecule has 2 nitrogen and oxygen atoms in total. The van der Waals surface area contributed by atoms with Crippen LogP contribution in [-0.2, 0) is 0 Å². The Balaban J connectivity index is 1.92. The zero-order chi connectivity index (χ0) is 13.0. The first kappa shape index (κ1) is 13.4. The van der Waals surface area contributed by atoms with E-state index in [2.05, 4.69) is 11.6 Å². The maximum absolute atomic E-state index is 12.8. The van der Waals surface area contributed by atoms with Gasteiger partial charge in [-0.3, -0.25) is 4.79 Å².